The van der Waals surface area contributed by atoms with Crippen molar-refractivity contribution in [3.63, 3.8) is 0 Å². The summed E-state index contributed by atoms with van der Waals surface area (Å²) in [6, 6.07) is 4.14. The molecule has 0 aliphatic carbocycles. The first-order chi connectivity index (χ1) is 7.19. The molecule has 3 rings (SSSR count). The van der Waals surface area contributed by atoms with Gasteiger partial charge in [0.05, 0.1) is 12.0 Å². The summed E-state index contributed by atoms with van der Waals surface area (Å²) < 4.78 is 18.7. The summed E-state index contributed by atoms with van der Waals surface area (Å²) in [4.78, 5) is 11.8. The van der Waals surface area contributed by atoms with Gasteiger partial charge in [-0.05, 0) is 18.2 Å². The molecule has 1 fully saturated rings. The largest absolute Gasteiger partial charge is 0.484 e. The van der Waals surface area contributed by atoms with Gasteiger partial charge >= 0.3 is 0 Å². The van der Waals surface area contributed by atoms with Crippen LogP contribution in [-0.2, 0) is 0 Å². The lowest BCUT2D eigenvalue weighted by atomic mass is 9.92. The Hall–Kier alpha value is -1.03. The monoisotopic (exact) mass is 224 g/mol. The molecule has 2 nitrogen and oxygen atoms in total. The minimum Gasteiger partial charge on any atom is -0.484 e. The quantitative estimate of drug-likeness (QED) is 0.676. The lowest BCUT2D eigenvalue weighted by Crippen LogP contribution is -2.52. The highest BCUT2D eigenvalue weighted by Gasteiger charge is 2.46. The molecule has 4 heteroatoms. The van der Waals surface area contributed by atoms with Gasteiger partial charge in [0.15, 0.2) is 5.78 Å². The minimum atomic E-state index is -0.385. The summed E-state index contributed by atoms with van der Waals surface area (Å²) >= 11 is 1.77. The molecule has 1 spiro atoms. The number of rotatable bonds is 0. The summed E-state index contributed by atoms with van der Waals surface area (Å²) in [6.07, 6.45) is 0.385. The summed E-state index contributed by atoms with van der Waals surface area (Å²) in [6.45, 7) is 0. The van der Waals surface area contributed by atoms with E-state index in [1.807, 2.05) is 0 Å². The van der Waals surface area contributed by atoms with E-state index in [1.54, 1.807) is 17.8 Å². The number of thioether (sulfide) groups is 1. The van der Waals surface area contributed by atoms with Crippen LogP contribution >= 0.6 is 11.8 Å². The zero-order valence-electron chi connectivity index (χ0n) is 7.96. The maximum atomic E-state index is 12.9. The predicted molar refractivity (Wildman–Crippen MR) is 56.0 cm³/mol. The standard InChI is InChI=1S/C11H9FO2S/c12-7-1-2-10-8(3-7)9(13)4-11(14-10)5-15-6-11/h1-3H,4-6H2. The molecule has 0 amide bonds. The third-order valence-electron chi connectivity index (χ3n) is 2.78. The Balaban J connectivity index is 2.04. The van der Waals surface area contributed by atoms with E-state index >= 15 is 0 Å². The second-order valence-electron chi connectivity index (χ2n) is 4.02. The van der Waals surface area contributed by atoms with Crippen LogP contribution in [0.2, 0.25) is 0 Å². The van der Waals surface area contributed by atoms with Crippen LogP contribution in [0.15, 0.2) is 18.2 Å². The molecule has 0 unspecified atom stereocenters. The maximum absolute atomic E-state index is 12.9. The zero-order chi connectivity index (χ0) is 10.5. The van der Waals surface area contributed by atoms with Crippen LogP contribution in [0.25, 0.3) is 0 Å². The highest BCUT2D eigenvalue weighted by Crippen LogP contribution is 2.42. The van der Waals surface area contributed by atoms with Crippen molar-refractivity contribution in [2.24, 2.45) is 0 Å². The van der Waals surface area contributed by atoms with Gasteiger partial charge in [-0.25, -0.2) is 4.39 Å². The van der Waals surface area contributed by atoms with E-state index in [4.69, 9.17) is 4.74 Å². The van der Waals surface area contributed by atoms with Crippen LogP contribution in [0.4, 0.5) is 4.39 Å². The minimum absolute atomic E-state index is 0.00366. The number of benzene rings is 1. The normalized spacial score (nSPS) is 21.8. The SMILES string of the molecule is O=C1CC2(CSC2)Oc2ccc(F)cc21. The van der Waals surface area contributed by atoms with Crippen LogP contribution in [0.5, 0.6) is 5.75 Å². The lowest BCUT2D eigenvalue weighted by Gasteiger charge is -2.43. The molecule has 1 saturated heterocycles. The number of Topliss-reactive ketones (excluding diaryl/α,β-unsaturated/α-hetero) is 1. The zero-order valence-corrected chi connectivity index (χ0v) is 8.77. The molecule has 0 aromatic heterocycles. The molecule has 0 bridgehead atoms. The molecule has 0 N–H and O–H groups in total. The summed E-state index contributed by atoms with van der Waals surface area (Å²) in [7, 11) is 0. The molecule has 1 aromatic carbocycles. The van der Waals surface area contributed by atoms with Gasteiger partial charge in [-0.3, -0.25) is 4.79 Å². The van der Waals surface area contributed by atoms with Gasteiger partial charge in [0.25, 0.3) is 0 Å². The van der Waals surface area contributed by atoms with E-state index in [-0.39, 0.29) is 17.2 Å². The van der Waals surface area contributed by atoms with Crippen molar-refractivity contribution in [2.45, 2.75) is 12.0 Å². The fourth-order valence-electron chi connectivity index (χ4n) is 1.96. The Labute approximate surface area is 90.8 Å². The van der Waals surface area contributed by atoms with Gasteiger partial charge in [-0.15, -0.1) is 0 Å². The third kappa shape index (κ3) is 1.35. The fraction of sp³-hybridized carbons (Fsp3) is 0.364. The summed E-state index contributed by atoms with van der Waals surface area (Å²) in [5.41, 5.74) is 0.0876. The van der Waals surface area contributed by atoms with E-state index in [1.165, 1.54) is 12.1 Å². The average Bonchev–Trinajstić information content (AvgIpc) is 2.16. The van der Waals surface area contributed by atoms with Gasteiger partial charge in [-0.2, -0.15) is 11.8 Å². The van der Waals surface area contributed by atoms with Crippen molar-refractivity contribution in [2.75, 3.05) is 11.5 Å². The molecular weight excluding hydrogens is 215 g/mol. The Morgan fingerprint density at radius 2 is 2.20 bits per heavy atom. The van der Waals surface area contributed by atoms with Gasteiger partial charge in [0, 0.05) is 11.5 Å². The third-order valence-corrected chi connectivity index (χ3v) is 4.24. The van der Waals surface area contributed by atoms with Crippen molar-refractivity contribution in [3.05, 3.63) is 29.6 Å². The van der Waals surface area contributed by atoms with Crippen LogP contribution in [0.1, 0.15) is 16.8 Å². The summed E-state index contributed by atoms with van der Waals surface area (Å²) in [5, 5.41) is 0. The van der Waals surface area contributed by atoms with E-state index in [0.717, 1.165) is 11.5 Å². The fourth-order valence-corrected chi connectivity index (χ4v) is 2.94. The predicted octanol–water partition coefficient (Wildman–Crippen LogP) is 2.28. The number of carbonyl (C=O) groups excluding carboxylic acids is 1. The number of halogens is 1. The van der Waals surface area contributed by atoms with Crippen molar-refractivity contribution in [3.8, 4) is 5.75 Å². The van der Waals surface area contributed by atoms with Gasteiger partial charge in [0.2, 0.25) is 0 Å². The molecule has 78 valence electrons. The van der Waals surface area contributed by atoms with E-state index in [0.29, 0.717) is 17.7 Å². The van der Waals surface area contributed by atoms with E-state index in [2.05, 4.69) is 0 Å². The highest BCUT2D eigenvalue weighted by molar-refractivity contribution is 8.00. The molecule has 2 heterocycles. The second kappa shape index (κ2) is 2.98. The van der Waals surface area contributed by atoms with Gasteiger partial charge in [0.1, 0.15) is 17.2 Å². The number of hydrogen-bond donors (Lipinski definition) is 0. The van der Waals surface area contributed by atoms with Crippen LogP contribution in [-0.4, -0.2) is 22.9 Å². The molecule has 2 aliphatic rings. The van der Waals surface area contributed by atoms with Crippen molar-refractivity contribution >= 4 is 17.5 Å². The first-order valence-electron chi connectivity index (χ1n) is 4.78. The average molecular weight is 224 g/mol. The van der Waals surface area contributed by atoms with Crippen molar-refractivity contribution in [1.82, 2.24) is 0 Å². The lowest BCUT2D eigenvalue weighted by molar-refractivity contribution is 0.0611. The Kier molecular flexibility index (Phi) is 1.83. The van der Waals surface area contributed by atoms with Gasteiger partial charge in [-0.1, -0.05) is 0 Å². The maximum Gasteiger partial charge on any atom is 0.170 e. The summed E-state index contributed by atoms with van der Waals surface area (Å²) in [5.74, 6) is 1.86. The second-order valence-corrected chi connectivity index (χ2v) is 5.00. The van der Waals surface area contributed by atoms with Crippen LogP contribution in [0, 0.1) is 5.82 Å². The van der Waals surface area contributed by atoms with Crippen LogP contribution < -0.4 is 4.74 Å². The molecule has 0 atom stereocenters. The molecule has 1 aromatic rings. The molecule has 0 radical (unpaired) electrons. The first kappa shape index (κ1) is 9.21. The highest BCUT2D eigenvalue weighted by atomic mass is 32.2. The Morgan fingerprint density at radius 3 is 2.87 bits per heavy atom. The molecule has 0 saturated carbocycles. The topological polar surface area (TPSA) is 26.3 Å². The van der Waals surface area contributed by atoms with Gasteiger partial charge < -0.3 is 4.74 Å². The number of ketones is 1. The first-order valence-corrected chi connectivity index (χ1v) is 5.94. The number of fused-ring (bicyclic) bond motifs is 1. The number of ether oxygens (including phenoxy) is 1. The molecule has 15 heavy (non-hydrogen) atoms. The van der Waals surface area contributed by atoms with Crippen molar-refractivity contribution in [1.29, 1.82) is 0 Å². The smallest absolute Gasteiger partial charge is 0.170 e. The molecular formula is C11H9FO2S. The Bertz CT molecular complexity index is 440. The van der Waals surface area contributed by atoms with E-state index in [9.17, 15) is 9.18 Å². The van der Waals surface area contributed by atoms with E-state index < -0.39 is 0 Å². The van der Waals surface area contributed by atoms with Crippen LogP contribution in [0.3, 0.4) is 0 Å². The molecule has 2 aliphatic heterocycles. The Morgan fingerprint density at radius 1 is 1.40 bits per heavy atom. The van der Waals surface area contributed by atoms with Crippen molar-refractivity contribution < 1.29 is 13.9 Å². The number of hydrogen-bond acceptors (Lipinski definition) is 3. The number of carbonyl (C=O) groups is 1.